The number of benzene rings is 2. The second-order valence-electron chi connectivity index (χ2n) is 7.22. The van der Waals surface area contributed by atoms with Crippen LogP contribution in [-0.2, 0) is 6.54 Å². The van der Waals surface area contributed by atoms with Crippen LogP contribution in [0.5, 0.6) is 0 Å². The van der Waals surface area contributed by atoms with Crippen molar-refractivity contribution in [3.8, 4) is 11.1 Å². The number of halogens is 1. The molecule has 3 heterocycles. The molecule has 142 valence electrons. The molecule has 0 saturated carbocycles. The molecule has 6 heteroatoms. The number of H-pyrrole nitrogens is 1. The van der Waals surface area contributed by atoms with Crippen LogP contribution in [0.2, 0.25) is 0 Å². The van der Waals surface area contributed by atoms with E-state index in [1.54, 1.807) is 0 Å². The van der Waals surface area contributed by atoms with Gasteiger partial charge < -0.3 is 9.73 Å². The third kappa shape index (κ3) is 3.32. The molecule has 0 unspecified atom stereocenters. The highest BCUT2D eigenvalue weighted by molar-refractivity contribution is 5.83. The molecule has 0 radical (unpaired) electrons. The summed E-state index contributed by atoms with van der Waals surface area (Å²) in [5.41, 5.74) is 4.31. The van der Waals surface area contributed by atoms with Gasteiger partial charge in [-0.25, -0.2) is 4.39 Å². The summed E-state index contributed by atoms with van der Waals surface area (Å²) in [5, 5.41) is 11.6. The monoisotopic (exact) mass is 376 g/mol. The lowest BCUT2D eigenvalue weighted by molar-refractivity contribution is 0.143. The number of fused-ring (bicyclic) bond motifs is 1. The number of furan rings is 1. The summed E-state index contributed by atoms with van der Waals surface area (Å²) in [5.74, 6) is 0.723. The predicted octanol–water partition coefficient (Wildman–Crippen LogP) is 4.11. The van der Waals surface area contributed by atoms with Crippen molar-refractivity contribution in [2.75, 3.05) is 19.6 Å². The number of aromatic nitrogens is 2. The molecule has 0 aliphatic carbocycles. The third-order valence-electron chi connectivity index (χ3n) is 5.40. The Labute approximate surface area is 162 Å². The van der Waals surface area contributed by atoms with Crippen molar-refractivity contribution in [1.29, 1.82) is 0 Å². The van der Waals surface area contributed by atoms with Gasteiger partial charge in [0.15, 0.2) is 0 Å². The number of rotatable bonds is 4. The minimum atomic E-state index is -0.204. The van der Waals surface area contributed by atoms with Crippen LogP contribution in [0.15, 0.2) is 65.4 Å². The summed E-state index contributed by atoms with van der Waals surface area (Å²) in [6.45, 7) is 3.41. The number of hydrogen-bond donors (Lipinski definition) is 2. The fraction of sp³-hybridized carbons (Fsp3) is 0.227. The van der Waals surface area contributed by atoms with Crippen molar-refractivity contribution >= 4 is 10.9 Å². The van der Waals surface area contributed by atoms with E-state index in [0.717, 1.165) is 59.5 Å². The molecule has 0 amide bonds. The molecule has 2 aromatic carbocycles. The molecular formula is C22H21FN4O. The maximum absolute atomic E-state index is 13.3. The van der Waals surface area contributed by atoms with E-state index in [-0.39, 0.29) is 11.9 Å². The summed E-state index contributed by atoms with van der Waals surface area (Å²) in [6.07, 6.45) is 3.64. The number of hydrogen-bond acceptors (Lipinski definition) is 4. The lowest BCUT2D eigenvalue weighted by Gasteiger charge is -2.36. The Hall–Kier alpha value is -2.96. The first-order valence-electron chi connectivity index (χ1n) is 9.47. The second kappa shape index (κ2) is 7.22. The van der Waals surface area contributed by atoms with Crippen molar-refractivity contribution in [2.24, 2.45) is 0 Å². The Balaban J connectivity index is 1.36. The molecule has 1 saturated heterocycles. The van der Waals surface area contributed by atoms with Crippen LogP contribution >= 0.6 is 0 Å². The fourth-order valence-electron chi connectivity index (χ4n) is 3.89. The first-order chi connectivity index (χ1) is 13.8. The summed E-state index contributed by atoms with van der Waals surface area (Å²) < 4.78 is 19.2. The maximum atomic E-state index is 13.3. The van der Waals surface area contributed by atoms with Gasteiger partial charge in [0.05, 0.1) is 24.5 Å². The molecule has 5 rings (SSSR count). The van der Waals surface area contributed by atoms with E-state index < -0.39 is 0 Å². The quantitative estimate of drug-likeness (QED) is 0.563. The molecule has 1 fully saturated rings. The third-order valence-corrected chi connectivity index (χ3v) is 5.40. The van der Waals surface area contributed by atoms with Gasteiger partial charge in [0.1, 0.15) is 11.6 Å². The number of nitrogens with one attached hydrogen (secondary N) is 2. The highest BCUT2D eigenvalue weighted by atomic mass is 19.1. The SMILES string of the molecule is Fc1ccc([C@H]2CNCCN2Cc2cc(-c3ccc4[nH]ncc4c3)co2)cc1. The van der Waals surface area contributed by atoms with Gasteiger partial charge in [-0.3, -0.25) is 10.00 Å². The van der Waals surface area contributed by atoms with Gasteiger partial charge >= 0.3 is 0 Å². The van der Waals surface area contributed by atoms with E-state index in [9.17, 15) is 4.39 Å². The first kappa shape index (κ1) is 17.2. The Bertz CT molecular complexity index is 1090. The van der Waals surface area contributed by atoms with Gasteiger partial charge in [-0.1, -0.05) is 18.2 Å². The smallest absolute Gasteiger partial charge is 0.123 e. The molecule has 28 heavy (non-hydrogen) atoms. The zero-order chi connectivity index (χ0) is 18.9. The Morgan fingerprint density at radius 3 is 2.89 bits per heavy atom. The van der Waals surface area contributed by atoms with E-state index in [2.05, 4.69) is 38.6 Å². The van der Waals surface area contributed by atoms with Gasteiger partial charge in [-0.15, -0.1) is 0 Å². The van der Waals surface area contributed by atoms with E-state index in [1.165, 1.54) is 12.1 Å². The van der Waals surface area contributed by atoms with Crippen LogP contribution in [0.4, 0.5) is 4.39 Å². The molecule has 4 aromatic rings. The molecule has 5 nitrogen and oxygen atoms in total. The molecule has 1 aliphatic rings. The second-order valence-corrected chi connectivity index (χ2v) is 7.22. The van der Waals surface area contributed by atoms with Crippen LogP contribution in [0.25, 0.3) is 22.0 Å². The number of nitrogens with zero attached hydrogens (tertiary/aromatic N) is 2. The molecule has 2 aromatic heterocycles. The largest absolute Gasteiger partial charge is 0.467 e. The van der Waals surface area contributed by atoms with Crippen LogP contribution in [0.3, 0.4) is 0 Å². The van der Waals surface area contributed by atoms with Crippen LogP contribution in [0, 0.1) is 5.82 Å². The average molecular weight is 376 g/mol. The Kier molecular flexibility index (Phi) is 4.43. The molecule has 0 bridgehead atoms. The lowest BCUT2D eigenvalue weighted by Crippen LogP contribution is -2.45. The minimum Gasteiger partial charge on any atom is -0.467 e. The van der Waals surface area contributed by atoms with E-state index in [4.69, 9.17) is 4.42 Å². The normalized spacial score (nSPS) is 18.0. The van der Waals surface area contributed by atoms with Crippen molar-refractivity contribution in [2.45, 2.75) is 12.6 Å². The van der Waals surface area contributed by atoms with Gasteiger partial charge in [0.25, 0.3) is 0 Å². The highest BCUT2D eigenvalue weighted by Crippen LogP contribution is 2.28. The predicted molar refractivity (Wildman–Crippen MR) is 106 cm³/mol. The topological polar surface area (TPSA) is 57.1 Å². The van der Waals surface area contributed by atoms with Crippen LogP contribution in [-0.4, -0.2) is 34.7 Å². The Morgan fingerprint density at radius 1 is 1.11 bits per heavy atom. The molecular weight excluding hydrogens is 355 g/mol. The fourth-order valence-corrected chi connectivity index (χ4v) is 3.89. The minimum absolute atomic E-state index is 0.199. The molecule has 0 spiro atoms. The van der Waals surface area contributed by atoms with E-state index in [0.29, 0.717) is 0 Å². The number of piperazine rings is 1. The summed E-state index contributed by atoms with van der Waals surface area (Å²) in [7, 11) is 0. The van der Waals surface area contributed by atoms with Crippen molar-refractivity contribution in [3.05, 3.63) is 78.1 Å². The van der Waals surface area contributed by atoms with Crippen LogP contribution in [0.1, 0.15) is 17.4 Å². The van der Waals surface area contributed by atoms with Crippen molar-refractivity contribution in [1.82, 2.24) is 20.4 Å². The van der Waals surface area contributed by atoms with Crippen molar-refractivity contribution in [3.63, 3.8) is 0 Å². The summed E-state index contributed by atoms with van der Waals surface area (Å²) >= 11 is 0. The lowest BCUT2D eigenvalue weighted by atomic mass is 10.0. The average Bonchev–Trinajstić information content (AvgIpc) is 3.38. The van der Waals surface area contributed by atoms with E-state index >= 15 is 0 Å². The summed E-state index contributed by atoms with van der Waals surface area (Å²) in [4.78, 5) is 2.38. The molecule has 2 N–H and O–H groups in total. The summed E-state index contributed by atoms with van der Waals surface area (Å²) in [6, 6.07) is 15.3. The molecule has 1 aliphatic heterocycles. The molecule has 1 atom stereocenters. The van der Waals surface area contributed by atoms with Gasteiger partial charge in [0, 0.05) is 36.6 Å². The number of aromatic amines is 1. The maximum Gasteiger partial charge on any atom is 0.123 e. The standard InChI is InChI=1S/C22H21FN4O/c23-19-4-1-15(2-5-19)22-12-24-7-8-27(22)13-20-10-18(14-28-20)16-3-6-21-17(9-16)11-25-26-21/h1-6,9-11,14,22,24H,7-8,12-13H2,(H,25,26)/t22-/m1/s1. The van der Waals surface area contributed by atoms with Crippen molar-refractivity contribution < 1.29 is 8.81 Å². The van der Waals surface area contributed by atoms with Gasteiger partial charge in [0.2, 0.25) is 0 Å². The van der Waals surface area contributed by atoms with Gasteiger partial charge in [-0.2, -0.15) is 5.10 Å². The zero-order valence-electron chi connectivity index (χ0n) is 15.4. The van der Waals surface area contributed by atoms with Crippen LogP contribution < -0.4 is 5.32 Å². The zero-order valence-corrected chi connectivity index (χ0v) is 15.4. The first-order valence-corrected chi connectivity index (χ1v) is 9.47. The highest BCUT2D eigenvalue weighted by Gasteiger charge is 2.24. The van der Waals surface area contributed by atoms with E-state index in [1.807, 2.05) is 30.7 Å². The Morgan fingerprint density at radius 2 is 2.00 bits per heavy atom. The van der Waals surface area contributed by atoms with Gasteiger partial charge in [-0.05, 0) is 41.5 Å².